The van der Waals surface area contributed by atoms with E-state index in [1.165, 1.54) is 0 Å². The molecule has 0 saturated carbocycles. The van der Waals surface area contributed by atoms with Crippen LogP contribution >= 0.6 is 0 Å². The van der Waals surface area contributed by atoms with Gasteiger partial charge in [0.15, 0.2) is 0 Å². The summed E-state index contributed by atoms with van der Waals surface area (Å²) in [6.07, 6.45) is 1.78. The fraction of sp³-hybridized carbons (Fsp3) is 0.429. The van der Waals surface area contributed by atoms with Crippen molar-refractivity contribution < 1.29 is 14.7 Å². The zero-order valence-corrected chi connectivity index (χ0v) is 11.2. The number of carbonyl (C=O) groups is 2. The van der Waals surface area contributed by atoms with Crippen LogP contribution in [0.25, 0.3) is 0 Å². The van der Waals surface area contributed by atoms with E-state index in [1.807, 2.05) is 0 Å². The molecule has 1 aliphatic heterocycles. The van der Waals surface area contributed by atoms with Gasteiger partial charge in [-0.05, 0) is 30.5 Å². The molecule has 1 fully saturated rings. The van der Waals surface area contributed by atoms with Crippen molar-refractivity contribution in [3.8, 4) is 0 Å². The van der Waals surface area contributed by atoms with Crippen LogP contribution < -0.4 is 11.1 Å². The van der Waals surface area contributed by atoms with Crippen molar-refractivity contribution in [2.75, 3.05) is 13.2 Å². The van der Waals surface area contributed by atoms with Crippen LogP contribution in [0.3, 0.4) is 0 Å². The summed E-state index contributed by atoms with van der Waals surface area (Å²) in [7, 11) is 0. The maximum absolute atomic E-state index is 12.3. The number of amides is 3. The maximum atomic E-state index is 12.3. The number of likely N-dealkylation sites (tertiary alicyclic amines) is 1. The number of aliphatic hydroxyl groups is 1. The first-order chi connectivity index (χ1) is 9.61. The van der Waals surface area contributed by atoms with Gasteiger partial charge >= 0.3 is 6.03 Å². The smallest absolute Gasteiger partial charge is 0.312 e. The number of urea groups is 1. The Hall–Kier alpha value is -2.08. The van der Waals surface area contributed by atoms with E-state index >= 15 is 0 Å². The molecule has 0 bridgehead atoms. The Bertz CT molecular complexity index is 487. The summed E-state index contributed by atoms with van der Waals surface area (Å²) < 4.78 is 0. The summed E-state index contributed by atoms with van der Waals surface area (Å²) in [4.78, 5) is 24.7. The number of carbonyl (C=O) groups excluding carboxylic acids is 2. The summed E-state index contributed by atoms with van der Waals surface area (Å²) in [6.45, 7) is 1.04. The molecule has 2 rings (SSSR count). The average Bonchev–Trinajstić information content (AvgIpc) is 2.93. The zero-order chi connectivity index (χ0) is 14.5. The van der Waals surface area contributed by atoms with Gasteiger partial charge in [-0.15, -0.1) is 0 Å². The highest BCUT2D eigenvalue weighted by Crippen LogP contribution is 2.19. The van der Waals surface area contributed by atoms with Crippen LogP contribution in [0.15, 0.2) is 24.3 Å². The number of hydrogen-bond donors (Lipinski definition) is 3. The van der Waals surface area contributed by atoms with Gasteiger partial charge in [0.2, 0.25) is 0 Å². The first-order valence-electron chi connectivity index (χ1n) is 6.66. The average molecular weight is 277 g/mol. The molecular formula is C14H19N3O3. The van der Waals surface area contributed by atoms with Gasteiger partial charge in [0.1, 0.15) is 0 Å². The molecule has 1 heterocycles. The third-order valence-corrected chi connectivity index (χ3v) is 3.52. The Morgan fingerprint density at radius 3 is 2.65 bits per heavy atom. The lowest BCUT2D eigenvalue weighted by atomic mass is 10.1. The van der Waals surface area contributed by atoms with E-state index in [2.05, 4.69) is 5.32 Å². The van der Waals surface area contributed by atoms with Gasteiger partial charge in [0, 0.05) is 18.7 Å². The van der Waals surface area contributed by atoms with E-state index in [4.69, 9.17) is 5.73 Å². The molecule has 1 aromatic carbocycles. The molecule has 0 aromatic heterocycles. The van der Waals surface area contributed by atoms with Gasteiger partial charge in [0.05, 0.1) is 12.6 Å². The van der Waals surface area contributed by atoms with Crippen LogP contribution in [0.2, 0.25) is 0 Å². The molecule has 1 saturated heterocycles. The Kier molecular flexibility index (Phi) is 4.57. The van der Waals surface area contributed by atoms with Crippen LogP contribution in [0.4, 0.5) is 4.79 Å². The van der Waals surface area contributed by atoms with Crippen LogP contribution in [-0.4, -0.2) is 41.1 Å². The minimum absolute atomic E-state index is 0.00630. The van der Waals surface area contributed by atoms with Crippen LogP contribution in [0, 0.1) is 0 Å². The predicted octanol–water partition coefficient (Wildman–Crippen LogP) is 0.452. The van der Waals surface area contributed by atoms with Gasteiger partial charge in [-0.3, -0.25) is 4.79 Å². The van der Waals surface area contributed by atoms with E-state index in [0.717, 1.165) is 18.4 Å². The first-order valence-corrected chi connectivity index (χ1v) is 6.66. The molecule has 0 radical (unpaired) electrons. The molecule has 0 unspecified atom stereocenters. The van der Waals surface area contributed by atoms with Crippen LogP contribution in [0.1, 0.15) is 28.8 Å². The van der Waals surface area contributed by atoms with E-state index in [0.29, 0.717) is 18.7 Å². The highest BCUT2D eigenvalue weighted by molar-refractivity contribution is 5.94. The molecule has 6 heteroatoms. The summed E-state index contributed by atoms with van der Waals surface area (Å²) in [5.74, 6) is -0.0593. The third-order valence-electron chi connectivity index (χ3n) is 3.52. The number of rotatable bonds is 4. The summed E-state index contributed by atoms with van der Waals surface area (Å²) in [5.41, 5.74) is 6.46. The minimum Gasteiger partial charge on any atom is -0.394 e. The highest BCUT2D eigenvalue weighted by Gasteiger charge is 2.28. The maximum Gasteiger partial charge on any atom is 0.312 e. The molecule has 1 atom stereocenters. The number of primary amides is 1. The number of hydrogen-bond acceptors (Lipinski definition) is 3. The molecular weight excluding hydrogens is 258 g/mol. The van der Waals surface area contributed by atoms with Gasteiger partial charge in [-0.1, -0.05) is 12.1 Å². The lowest BCUT2D eigenvalue weighted by Crippen LogP contribution is -2.37. The van der Waals surface area contributed by atoms with Crippen molar-refractivity contribution in [1.29, 1.82) is 0 Å². The third kappa shape index (κ3) is 3.27. The summed E-state index contributed by atoms with van der Waals surface area (Å²) in [6, 6.07) is 6.38. The molecule has 4 N–H and O–H groups in total. The van der Waals surface area contributed by atoms with Crippen molar-refractivity contribution in [3.05, 3.63) is 35.4 Å². The second-order valence-corrected chi connectivity index (χ2v) is 4.89. The normalized spacial score (nSPS) is 18.1. The van der Waals surface area contributed by atoms with Gasteiger partial charge in [0.25, 0.3) is 5.91 Å². The van der Waals surface area contributed by atoms with Gasteiger partial charge in [-0.2, -0.15) is 0 Å². The Labute approximate surface area is 117 Å². The molecule has 6 nitrogen and oxygen atoms in total. The molecule has 3 amide bonds. The Morgan fingerprint density at radius 2 is 2.05 bits per heavy atom. The van der Waals surface area contributed by atoms with E-state index in [1.54, 1.807) is 29.2 Å². The second-order valence-electron chi connectivity index (χ2n) is 4.89. The first kappa shape index (κ1) is 14.3. The molecule has 1 aromatic rings. The number of benzene rings is 1. The van der Waals surface area contributed by atoms with Gasteiger partial charge in [-0.25, -0.2) is 4.79 Å². The second kappa shape index (κ2) is 6.38. The molecule has 108 valence electrons. The van der Waals surface area contributed by atoms with Crippen molar-refractivity contribution in [3.63, 3.8) is 0 Å². The summed E-state index contributed by atoms with van der Waals surface area (Å²) in [5, 5.41) is 11.7. The molecule has 0 spiro atoms. The molecule has 20 heavy (non-hydrogen) atoms. The SMILES string of the molecule is NC(=O)NCc1ccc(C(=O)N2CCC[C@H]2CO)cc1. The van der Waals surface area contributed by atoms with E-state index < -0.39 is 6.03 Å². The quantitative estimate of drug-likeness (QED) is 0.745. The molecule has 1 aliphatic rings. The topological polar surface area (TPSA) is 95.7 Å². The minimum atomic E-state index is -0.576. The number of nitrogens with zero attached hydrogens (tertiary/aromatic N) is 1. The predicted molar refractivity (Wildman–Crippen MR) is 74.0 cm³/mol. The van der Waals surface area contributed by atoms with Gasteiger partial charge < -0.3 is 21.1 Å². The van der Waals surface area contributed by atoms with Crippen LogP contribution in [-0.2, 0) is 6.54 Å². The van der Waals surface area contributed by atoms with Crippen molar-refractivity contribution in [2.45, 2.75) is 25.4 Å². The van der Waals surface area contributed by atoms with E-state index in [-0.39, 0.29) is 18.6 Å². The standard InChI is InChI=1S/C14H19N3O3/c15-14(20)16-8-10-3-5-11(6-4-10)13(19)17-7-1-2-12(17)9-18/h3-6,12,18H,1-2,7-9H2,(H3,15,16,20)/t12-/m0/s1. The number of nitrogens with one attached hydrogen (secondary N) is 1. The van der Waals surface area contributed by atoms with Crippen molar-refractivity contribution >= 4 is 11.9 Å². The van der Waals surface area contributed by atoms with E-state index in [9.17, 15) is 14.7 Å². The molecule has 0 aliphatic carbocycles. The Morgan fingerprint density at radius 1 is 1.35 bits per heavy atom. The number of nitrogens with two attached hydrogens (primary N) is 1. The highest BCUT2D eigenvalue weighted by atomic mass is 16.3. The van der Waals surface area contributed by atoms with Crippen LogP contribution in [0.5, 0.6) is 0 Å². The fourth-order valence-corrected chi connectivity index (χ4v) is 2.41. The fourth-order valence-electron chi connectivity index (χ4n) is 2.41. The van der Waals surface area contributed by atoms with Crippen molar-refractivity contribution in [2.24, 2.45) is 5.73 Å². The summed E-state index contributed by atoms with van der Waals surface area (Å²) >= 11 is 0. The lowest BCUT2D eigenvalue weighted by Gasteiger charge is -2.23. The Balaban J connectivity index is 2.02. The zero-order valence-electron chi connectivity index (χ0n) is 11.2. The largest absolute Gasteiger partial charge is 0.394 e. The number of aliphatic hydroxyl groups excluding tert-OH is 1. The lowest BCUT2D eigenvalue weighted by molar-refractivity contribution is 0.0677. The van der Waals surface area contributed by atoms with Crippen molar-refractivity contribution in [1.82, 2.24) is 10.2 Å². The monoisotopic (exact) mass is 277 g/mol.